The first-order valence-electron chi connectivity index (χ1n) is 9.56. The van der Waals surface area contributed by atoms with Crippen molar-refractivity contribution < 1.29 is 14.0 Å². The molecule has 2 aliphatic rings. The third kappa shape index (κ3) is 3.34. The van der Waals surface area contributed by atoms with Gasteiger partial charge in [-0.25, -0.2) is 4.39 Å². The lowest BCUT2D eigenvalue weighted by Gasteiger charge is -2.28. The molecule has 2 amide bonds. The Morgan fingerprint density at radius 3 is 2.44 bits per heavy atom. The molecule has 1 aliphatic heterocycles. The summed E-state index contributed by atoms with van der Waals surface area (Å²) in [5.74, 6) is -0.233. The van der Waals surface area contributed by atoms with E-state index in [4.69, 9.17) is 0 Å². The molecule has 0 atom stereocenters. The molecule has 1 heterocycles. The molecule has 2 fully saturated rings. The number of hydrogen-bond acceptors (Lipinski definition) is 2. The molecule has 4 rings (SSSR count). The van der Waals surface area contributed by atoms with Crippen molar-refractivity contribution >= 4 is 23.2 Å². The molecule has 1 saturated heterocycles. The minimum Gasteiger partial charge on any atom is -0.325 e. The van der Waals surface area contributed by atoms with E-state index in [1.807, 2.05) is 24.3 Å². The van der Waals surface area contributed by atoms with Gasteiger partial charge in [-0.15, -0.1) is 0 Å². The predicted octanol–water partition coefficient (Wildman–Crippen LogP) is 4.40. The highest BCUT2D eigenvalue weighted by atomic mass is 19.1. The van der Waals surface area contributed by atoms with Gasteiger partial charge in [0, 0.05) is 24.3 Å². The Balaban J connectivity index is 1.58. The Kier molecular flexibility index (Phi) is 4.68. The van der Waals surface area contributed by atoms with Crippen LogP contribution < -0.4 is 10.2 Å². The molecule has 1 N–H and O–H groups in total. The Morgan fingerprint density at radius 1 is 1.04 bits per heavy atom. The summed E-state index contributed by atoms with van der Waals surface area (Å²) in [5.41, 5.74) is 1.75. The second-order valence-corrected chi connectivity index (χ2v) is 7.45. The number of nitrogens with zero attached hydrogens (tertiary/aromatic N) is 1. The van der Waals surface area contributed by atoms with Gasteiger partial charge in [0.05, 0.1) is 5.41 Å². The van der Waals surface area contributed by atoms with Crippen LogP contribution in [0, 0.1) is 5.82 Å². The number of rotatable bonds is 4. The van der Waals surface area contributed by atoms with Crippen LogP contribution in [0.25, 0.3) is 0 Å². The largest absolute Gasteiger partial charge is 0.325 e. The summed E-state index contributed by atoms with van der Waals surface area (Å²) >= 11 is 0. The van der Waals surface area contributed by atoms with Crippen LogP contribution in [-0.4, -0.2) is 18.4 Å². The van der Waals surface area contributed by atoms with Crippen LogP contribution in [0.1, 0.15) is 44.1 Å². The van der Waals surface area contributed by atoms with E-state index in [9.17, 15) is 14.0 Å². The number of amides is 2. The Bertz CT molecular complexity index is 857. The molecule has 140 valence electrons. The average Bonchev–Trinajstić information content (AvgIpc) is 3.32. The van der Waals surface area contributed by atoms with Gasteiger partial charge in [-0.3, -0.25) is 9.59 Å². The minimum absolute atomic E-state index is 0.0588. The van der Waals surface area contributed by atoms with E-state index >= 15 is 0 Å². The molecule has 2 aromatic rings. The molecule has 5 heteroatoms. The maximum absolute atomic E-state index is 13.3. The molecule has 2 aromatic carbocycles. The van der Waals surface area contributed by atoms with Crippen LogP contribution in [-0.2, 0) is 15.0 Å². The molecule has 0 bridgehead atoms. The van der Waals surface area contributed by atoms with Gasteiger partial charge in [0.15, 0.2) is 0 Å². The quantitative estimate of drug-likeness (QED) is 0.872. The summed E-state index contributed by atoms with van der Waals surface area (Å²) in [7, 11) is 0. The average molecular weight is 366 g/mol. The van der Waals surface area contributed by atoms with Gasteiger partial charge >= 0.3 is 0 Å². The normalized spacial score (nSPS) is 18.7. The van der Waals surface area contributed by atoms with E-state index in [-0.39, 0.29) is 17.6 Å². The molecule has 0 aromatic heterocycles. The number of nitrogens with one attached hydrogen (secondary N) is 1. The van der Waals surface area contributed by atoms with Crippen molar-refractivity contribution in [1.29, 1.82) is 0 Å². The molecule has 4 nitrogen and oxygen atoms in total. The number of anilines is 2. The first-order chi connectivity index (χ1) is 13.1. The second-order valence-electron chi connectivity index (χ2n) is 7.45. The lowest BCUT2D eigenvalue weighted by molar-refractivity contribution is -0.121. The third-order valence-corrected chi connectivity index (χ3v) is 5.78. The predicted molar refractivity (Wildman–Crippen MR) is 103 cm³/mol. The summed E-state index contributed by atoms with van der Waals surface area (Å²) in [6.07, 6.45) is 4.91. The summed E-state index contributed by atoms with van der Waals surface area (Å²) in [4.78, 5) is 27.0. The van der Waals surface area contributed by atoms with E-state index < -0.39 is 5.41 Å². The first kappa shape index (κ1) is 17.7. The van der Waals surface area contributed by atoms with Crippen LogP contribution in [0.5, 0.6) is 0 Å². The second kappa shape index (κ2) is 7.14. The van der Waals surface area contributed by atoms with E-state index in [0.717, 1.165) is 49.9 Å². The molecule has 0 spiro atoms. The Hall–Kier alpha value is -2.69. The number of carbonyl (C=O) groups excluding carboxylic acids is 2. The van der Waals surface area contributed by atoms with E-state index in [1.165, 1.54) is 12.1 Å². The molecular weight excluding hydrogens is 343 g/mol. The Labute approximate surface area is 158 Å². The highest BCUT2D eigenvalue weighted by molar-refractivity contribution is 6.01. The first-order valence-corrected chi connectivity index (χ1v) is 9.56. The van der Waals surface area contributed by atoms with E-state index in [1.54, 1.807) is 17.0 Å². The number of benzene rings is 2. The van der Waals surface area contributed by atoms with Gasteiger partial charge in [-0.1, -0.05) is 31.0 Å². The lowest BCUT2D eigenvalue weighted by atomic mass is 9.78. The molecular formula is C22H23FN2O2. The van der Waals surface area contributed by atoms with Gasteiger partial charge in [-0.2, -0.15) is 0 Å². The van der Waals surface area contributed by atoms with Crippen molar-refractivity contribution in [2.24, 2.45) is 0 Å². The SMILES string of the molecule is O=C1CCCN1c1cccc(NC(=O)C2(c3ccc(F)cc3)CCCC2)c1. The summed E-state index contributed by atoms with van der Waals surface area (Å²) in [5, 5.41) is 3.05. The van der Waals surface area contributed by atoms with Gasteiger partial charge in [0.2, 0.25) is 11.8 Å². The van der Waals surface area contributed by atoms with Crippen molar-refractivity contribution in [3.63, 3.8) is 0 Å². The van der Waals surface area contributed by atoms with Crippen LogP contribution in [0.4, 0.5) is 15.8 Å². The summed E-state index contributed by atoms with van der Waals surface area (Å²) in [6.45, 7) is 0.718. The van der Waals surface area contributed by atoms with Gasteiger partial charge < -0.3 is 10.2 Å². The monoisotopic (exact) mass is 366 g/mol. The van der Waals surface area contributed by atoms with Crippen LogP contribution >= 0.6 is 0 Å². The topological polar surface area (TPSA) is 49.4 Å². The molecule has 0 unspecified atom stereocenters. The standard InChI is InChI=1S/C22H23FN2O2/c23-17-10-8-16(9-11-17)22(12-1-2-13-22)21(27)24-18-5-3-6-19(15-18)25-14-4-7-20(25)26/h3,5-6,8-11,15H,1-2,4,7,12-14H2,(H,24,27). The van der Waals surface area contributed by atoms with Crippen LogP contribution in [0.15, 0.2) is 48.5 Å². The number of hydrogen-bond donors (Lipinski definition) is 1. The molecule has 1 saturated carbocycles. The van der Waals surface area contributed by atoms with Gasteiger partial charge in [0.25, 0.3) is 0 Å². The van der Waals surface area contributed by atoms with E-state index in [0.29, 0.717) is 12.1 Å². The smallest absolute Gasteiger partial charge is 0.235 e. The molecule has 0 radical (unpaired) electrons. The highest BCUT2D eigenvalue weighted by Gasteiger charge is 2.42. The third-order valence-electron chi connectivity index (χ3n) is 5.78. The molecule has 27 heavy (non-hydrogen) atoms. The molecule has 1 aliphatic carbocycles. The number of halogens is 1. The van der Waals surface area contributed by atoms with Crippen LogP contribution in [0.2, 0.25) is 0 Å². The maximum Gasteiger partial charge on any atom is 0.235 e. The van der Waals surface area contributed by atoms with Crippen molar-refractivity contribution in [3.05, 3.63) is 59.9 Å². The lowest BCUT2D eigenvalue weighted by Crippen LogP contribution is -2.38. The minimum atomic E-state index is -0.618. The summed E-state index contributed by atoms with van der Waals surface area (Å²) in [6, 6.07) is 13.7. The van der Waals surface area contributed by atoms with Crippen molar-refractivity contribution in [3.8, 4) is 0 Å². The van der Waals surface area contributed by atoms with E-state index in [2.05, 4.69) is 5.32 Å². The zero-order valence-electron chi connectivity index (χ0n) is 15.2. The van der Waals surface area contributed by atoms with Crippen molar-refractivity contribution in [2.75, 3.05) is 16.8 Å². The maximum atomic E-state index is 13.3. The fraction of sp³-hybridized carbons (Fsp3) is 0.364. The zero-order valence-corrected chi connectivity index (χ0v) is 15.2. The fourth-order valence-corrected chi connectivity index (χ4v) is 4.32. The van der Waals surface area contributed by atoms with Crippen LogP contribution in [0.3, 0.4) is 0 Å². The van der Waals surface area contributed by atoms with Gasteiger partial charge in [-0.05, 0) is 55.2 Å². The zero-order chi connectivity index (χ0) is 18.9. The number of carbonyl (C=O) groups is 2. The Morgan fingerprint density at radius 2 is 1.78 bits per heavy atom. The fourth-order valence-electron chi connectivity index (χ4n) is 4.32. The summed E-state index contributed by atoms with van der Waals surface area (Å²) < 4.78 is 13.3. The highest BCUT2D eigenvalue weighted by Crippen LogP contribution is 2.42. The van der Waals surface area contributed by atoms with Gasteiger partial charge in [0.1, 0.15) is 5.82 Å². The van der Waals surface area contributed by atoms with Crippen molar-refractivity contribution in [1.82, 2.24) is 0 Å². The van der Waals surface area contributed by atoms with Crippen molar-refractivity contribution in [2.45, 2.75) is 43.9 Å².